The summed E-state index contributed by atoms with van der Waals surface area (Å²) in [6, 6.07) is 6.48. The van der Waals surface area contributed by atoms with Crippen LogP contribution in [0.2, 0.25) is 5.02 Å². The number of carbonyl (C=O) groups excluding carboxylic acids is 1. The molecule has 1 amide bonds. The van der Waals surface area contributed by atoms with Gasteiger partial charge in [0.05, 0.1) is 0 Å². The first kappa shape index (κ1) is 14.5. The summed E-state index contributed by atoms with van der Waals surface area (Å²) < 4.78 is 0. The van der Waals surface area contributed by atoms with Gasteiger partial charge in [-0.1, -0.05) is 36.7 Å². The van der Waals surface area contributed by atoms with Gasteiger partial charge >= 0.3 is 5.97 Å². The van der Waals surface area contributed by atoms with Crippen molar-refractivity contribution in [3.05, 3.63) is 34.9 Å². The lowest BCUT2D eigenvalue weighted by molar-refractivity contribution is -0.141. The lowest BCUT2D eigenvalue weighted by atomic mass is 10.1. The van der Waals surface area contributed by atoms with Crippen molar-refractivity contribution in [3.8, 4) is 0 Å². The molecule has 18 heavy (non-hydrogen) atoms. The third-order valence-electron chi connectivity index (χ3n) is 2.62. The molecule has 5 heteroatoms. The van der Waals surface area contributed by atoms with Gasteiger partial charge in [-0.15, -0.1) is 0 Å². The number of aliphatic carboxylic acids is 1. The van der Waals surface area contributed by atoms with E-state index >= 15 is 0 Å². The van der Waals surface area contributed by atoms with Crippen LogP contribution in [0.1, 0.15) is 25.3 Å². The standard InChI is InChI=1S/C13H16ClNO3/c1-2-11(13(17)18)15-12(16)8-7-9-5-3-4-6-10(9)14/h3-6,11H,2,7-8H2,1H3,(H,15,16)(H,17,18)/t11-/m1/s1. The van der Waals surface area contributed by atoms with Crippen LogP contribution in [-0.2, 0) is 16.0 Å². The van der Waals surface area contributed by atoms with Crippen molar-refractivity contribution in [3.63, 3.8) is 0 Å². The van der Waals surface area contributed by atoms with E-state index in [1.807, 2.05) is 18.2 Å². The summed E-state index contributed by atoms with van der Waals surface area (Å²) in [5.41, 5.74) is 0.887. The van der Waals surface area contributed by atoms with Gasteiger partial charge in [0.2, 0.25) is 5.91 Å². The minimum atomic E-state index is -1.01. The van der Waals surface area contributed by atoms with E-state index in [-0.39, 0.29) is 12.3 Å². The highest BCUT2D eigenvalue weighted by Crippen LogP contribution is 2.16. The van der Waals surface area contributed by atoms with E-state index in [0.717, 1.165) is 5.56 Å². The first-order valence-corrected chi connectivity index (χ1v) is 6.18. The monoisotopic (exact) mass is 269 g/mol. The second-order valence-electron chi connectivity index (χ2n) is 3.96. The van der Waals surface area contributed by atoms with Crippen LogP contribution in [0.3, 0.4) is 0 Å². The molecule has 0 aliphatic heterocycles. The maximum absolute atomic E-state index is 11.6. The number of benzene rings is 1. The molecule has 0 spiro atoms. The lowest BCUT2D eigenvalue weighted by Crippen LogP contribution is -2.40. The van der Waals surface area contributed by atoms with E-state index < -0.39 is 12.0 Å². The quantitative estimate of drug-likeness (QED) is 0.832. The van der Waals surface area contributed by atoms with Crippen molar-refractivity contribution in [1.29, 1.82) is 0 Å². The van der Waals surface area contributed by atoms with E-state index in [4.69, 9.17) is 16.7 Å². The van der Waals surface area contributed by atoms with Gasteiger partial charge in [-0.2, -0.15) is 0 Å². The van der Waals surface area contributed by atoms with Crippen LogP contribution in [0.25, 0.3) is 0 Å². The van der Waals surface area contributed by atoms with Gasteiger partial charge in [0, 0.05) is 11.4 Å². The molecule has 1 aromatic carbocycles. The normalized spacial score (nSPS) is 11.9. The number of aryl methyl sites for hydroxylation is 1. The zero-order chi connectivity index (χ0) is 13.5. The Bertz CT molecular complexity index is 434. The molecule has 1 aromatic rings. The Morgan fingerprint density at radius 3 is 2.61 bits per heavy atom. The number of carbonyl (C=O) groups is 2. The van der Waals surface area contributed by atoms with Gasteiger partial charge in [-0.05, 0) is 24.5 Å². The summed E-state index contributed by atoms with van der Waals surface area (Å²) in [5.74, 6) is -1.28. The molecule has 0 unspecified atom stereocenters. The molecule has 98 valence electrons. The fourth-order valence-electron chi connectivity index (χ4n) is 1.55. The number of hydrogen-bond donors (Lipinski definition) is 2. The topological polar surface area (TPSA) is 66.4 Å². The average molecular weight is 270 g/mol. The van der Waals surface area contributed by atoms with E-state index in [0.29, 0.717) is 17.9 Å². The minimum absolute atomic E-state index is 0.230. The molecule has 0 saturated heterocycles. The number of carboxylic acid groups (broad SMARTS) is 1. The smallest absolute Gasteiger partial charge is 0.326 e. The first-order chi connectivity index (χ1) is 8.54. The third-order valence-corrected chi connectivity index (χ3v) is 2.99. The van der Waals surface area contributed by atoms with E-state index in [1.54, 1.807) is 13.0 Å². The maximum Gasteiger partial charge on any atom is 0.326 e. The molecule has 0 bridgehead atoms. The second-order valence-corrected chi connectivity index (χ2v) is 4.37. The van der Waals surface area contributed by atoms with Crippen LogP contribution in [0.5, 0.6) is 0 Å². The Morgan fingerprint density at radius 2 is 2.06 bits per heavy atom. The fraction of sp³-hybridized carbons (Fsp3) is 0.385. The van der Waals surface area contributed by atoms with Crippen LogP contribution in [0, 0.1) is 0 Å². The van der Waals surface area contributed by atoms with Gasteiger partial charge in [-0.3, -0.25) is 4.79 Å². The zero-order valence-electron chi connectivity index (χ0n) is 10.1. The molecular weight excluding hydrogens is 254 g/mol. The molecule has 2 N–H and O–H groups in total. The largest absolute Gasteiger partial charge is 0.480 e. The number of hydrogen-bond acceptors (Lipinski definition) is 2. The molecular formula is C13H16ClNO3. The Balaban J connectivity index is 2.47. The predicted octanol–water partition coefficient (Wildman–Crippen LogP) is 2.25. The fourth-order valence-corrected chi connectivity index (χ4v) is 1.78. The Labute approximate surface area is 111 Å². The third kappa shape index (κ3) is 4.37. The number of rotatable bonds is 6. The summed E-state index contributed by atoms with van der Waals surface area (Å²) in [5, 5.41) is 11.9. The lowest BCUT2D eigenvalue weighted by Gasteiger charge is -2.12. The van der Waals surface area contributed by atoms with Crippen LogP contribution >= 0.6 is 11.6 Å². The molecule has 0 saturated carbocycles. The van der Waals surface area contributed by atoms with E-state index in [9.17, 15) is 9.59 Å². The second kappa shape index (κ2) is 7.01. The number of carboxylic acids is 1. The molecule has 4 nitrogen and oxygen atoms in total. The first-order valence-electron chi connectivity index (χ1n) is 5.80. The van der Waals surface area contributed by atoms with Crippen molar-refractivity contribution < 1.29 is 14.7 Å². The zero-order valence-corrected chi connectivity index (χ0v) is 10.9. The summed E-state index contributed by atoms with van der Waals surface area (Å²) in [4.78, 5) is 22.3. The molecule has 1 atom stereocenters. The van der Waals surface area contributed by atoms with Crippen molar-refractivity contribution in [1.82, 2.24) is 5.32 Å². The van der Waals surface area contributed by atoms with Crippen LogP contribution in [0.4, 0.5) is 0 Å². The SMILES string of the molecule is CC[C@@H](NC(=O)CCc1ccccc1Cl)C(=O)O. The number of amides is 1. The van der Waals surface area contributed by atoms with Crippen molar-refractivity contribution in [2.45, 2.75) is 32.2 Å². The molecule has 0 aliphatic rings. The summed E-state index contributed by atoms with van der Waals surface area (Å²) in [6.45, 7) is 1.72. The highest BCUT2D eigenvalue weighted by Gasteiger charge is 2.17. The number of halogens is 1. The molecule has 0 aliphatic carbocycles. The molecule has 0 heterocycles. The molecule has 0 fully saturated rings. The van der Waals surface area contributed by atoms with Crippen LogP contribution in [0.15, 0.2) is 24.3 Å². The van der Waals surface area contributed by atoms with Gasteiger partial charge in [0.1, 0.15) is 6.04 Å². The van der Waals surface area contributed by atoms with Crippen LogP contribution < -0.4 is 5.32 Å². The molecule has 1 rings (SSSR count). The Hall–Kier alpha value is -1.55. The van der Waals surface area contributed by atoms with Crippen molar-refractivity contribution >= 4 is 23.5 Å². The van der Waals surface area contributed by atoms with Crippen molar-refractivity contribution in [2.24, 2.45) is 0 Å². The Morgan fingerprint density at radius 1 is 1.39 bits per heavy atom. The van der Waals surface area contributed by atoms with Gasteiger partial charge in [0.25, 0.3) is 0 Å². The number of nitrogens with one attached hydrogen (secondary N) is 1. The van der Waals surface area contributed by atoms with Gasteiger partial charge in [0.15, 0.2) is 0 Å². The van der Waals surface area contributed by atoms with Gasteiger partial charge < -0.3 is 10.4 Å². The average Bonchev–Trinajstić information content (AvgIpc) is 2.34. The predicted molar refractivity (Wildman–Crippen MR) is 69.6 cm³/mol. The van der Waals surface area contributed by atoms with Gasteiger partial charge in [-0.25, -0.2) is 4.79 Å². The Kier molecular flexibility index (Phi) is 5.65. The van der Waals surface area contributed by atoms with Crippen LogP contribution in [-0.4, -0.2) is 23.0 Å². The molecule has 0 aromatic heterocycles. The highest BCUT2D eigenvalue weighted by atomic mass is 35.5. The summed E-state index contributed by atoms with van der Waals surface area (Å²) in [7, 11) is 0. The van der Waals surface area contributed by atoms with E-state index in [1.165, 1.54) is 0 Å². The van der Waals surface area contributed by atoms with E-state index in [2.05, 4.69) is 5.32 Å². The minimum Gasteiger partial charge on any atom is -0.480 e. The summed E-state index contributed by atoms with van der Waals surface area (Å²) >= 11 is 5.97. The summed E-state index contributed by atoms with van der Waals surface area (Å²) in [6.07, 6.45) is 1.10. The highest BCUT2D eigenvalue weighted by molar-refractivity contribution is 6.31. The van der Waals surface area contributed by atoms with Crippen molar-refractivity contribution in [2.75, 3.05) is 0 Å². The maximum atomic E-state index is 11.6. The molecule has 0 radical (unpaired) electrons.